The summed E-state index contributed by atoms with van der Waals surface area (Å²) in [6, 6.07) is 5.03. The molecule has 0 saturated heterocycles. The van der Waals surface area contributed by atoms with E-state index in [4.69, 9.17) is 14.2 Å². The molecule has 0 atom stereocenters. The molecule has 0 saturated carbocycles. The fourth-order valence-corrected chi connectivity index (χ4v) is 1.52. The van der Waals surface area contributed by atoms with Crippen LogP contribution in [0.1, 0.15) is 19.8 Å². The summed E-state index contributed by atoms with van der Waals surface area (Å²) in [6.45, 7) is 1.54. The molecule has 0 aliphatic carbocycles. The highest BCUT2D eigenvalue weighted by atomic mass is 16.5. The van der Waals surface area contributed by atoms with Crippen LogP contribution in [0.2, 0.25) is 0 Å². The highest BCUT2D eigenvalue weighted by Gasteiger charge is 2.11. The van der Waals surface area contributed by atoms with Gasteiger partial charge in [-0.15, -0.1) is 0 Å². The number of nitrogens with one attached hydrogen (secondary N) is 1. The Morgan fingerprint density at radius 2 is 1.95 bits per heavy atom. The number of hydrogen-bond donors (Lipinski definition) is 1. The summed E-state index contributed by atoms with van der Waals surface area (Å²) in [7, 11) is 3.03. The Morgan fingerprint density at radius 3 is 2.55 bits per heavy atom. The third kappa shape index (κ3) is 4.79. The largest absolute Gasteiger partial charge is 0.497 e. The first-order valence-corrected chi connectivity index (χ1v) is 6.28. The van der Waals surface area contributed by atoms with Crippen LogP contribution < -0.4 is 14.8 Å². The average Bonchev–Trinajstić information content (AvgIpc) is 2.45. The number of amides is 1. The van der Waals surface area contributed by atoms with Crippen molar-refractivity contribution in [2.75, 3.05) is 26.1 Å². The van der Waals surface area contributed by atoms with Crippen molar-refractivity contribution in [2.45, 2.75) is 19.8 Å². The van der Waals surface area contributed by atoms with Crippen molar-refractivity contribution in [1.82, 2.24) is 0 Å². The van der Waals surface area contributed by atoms with Crippen molar-refractivity contribution in [3.8, 4) is 11.5 Å². The van der Waals surface area contributed by atoms with Gasteiger partial charge < -0.3 is 19.5 Å². The quantitative estimate of drug-likeness (QED) is 0.774. The molecule has 0 radical (unpaired) electrons. The highest BCUT2D eigenvalue weighted by Crippen LogP contribution is 2.28. The first-order valence-electron chi connectivity index (χ1n) is 6.28. The Hall–Kier alpha value is -2.24. The van der Waals surface area contributed by atoms with Crippen molar-refractivity contribution >= 4 is 17.6 Å². The fourth-order valence-electron chi connectivity index (χ4n) is 1.52. The molecule has 0 aromatic heterocycles. The molecule has 110 valence electrons. The van der Waals surface area contributed by atoms with Gasteiger partial charge in [0.1, 0.15) is 11.5 Å². The molecular formula is C14H19NO5. The number of methoxy groups -OCH3 is 2. The normalized spacial score (nSPS) is 9.75. The Kier molecular flexibility index (Phi) is 6.36. The van der Waals surface area contributed by atoms with Crippen molar-refractivity contribution in [3.63, 3.8) is 0 Å². The number of rotatable bonds is 7. The predicted molar refractivity (Wildman–Crippen MR) is 74.0 cm³/mol. The highest BCUT2D eigenvalue weighted by molar-refractivity contribution is 5.94. The van der Waals surface area contributed by atoms with E-state index in [9.17, 15) is 9.59 Å². The van der Waals surface area contributed by atoms with Crippen LogP contribution in [-0.4, -0.2) is 32.7 Å². The third-order valence-corrected chi connectivity index (χ3v) is 2.50. The number of carbonyl (C=O) groups excluding carboxylic acids is 2. The lowest BCUT2D eigenvalue weighted by Gasteiger charge is -2.11. The average molecular weight is 281 g/mol. The van der Waals surface area contributed by atoms with Crippen LogP contribution in [0, 0.1) is 0 Å². The summed E-state index contributed by atoms with van der Waals surface area (Å²) >= 11 is 0. The molecule has 1 aromatic rings. The first-order chi connectivity index (χ1) is 9.60. The molecule has 0 aliphatic heterocycles. The number of hydrogen-bond acceptors (Lipinski definition) is 5. The zero-order chi connectivity index (χ0) is 15.0. The van der Waals surface area contributed by atoms with E-state index in [2.05, 4.69) is 5.32 Å². The Morgan fingerprint density at radius 1 is 1.20 bits per heavy atom. The molecule has 0 aliphatic rings. The van der Waals surface area contributed by atoms with Gasteiger partial charge in [0.05, 0.1) is 19.9 Å². The second kappa shape index (κ2) is 8.04. The van der Waals surface area contributed by atoms with Crippen LogP contribution in [0.4, 0.5) is 5.69 Å². The van der Waals surface area contributed by atoms with E-state index in [0.717, 1.165) is 0 Å². The zero-order valence-corrected chi connectivity index (χ0v) is 11.9. The third-order valence-electron chi connectivity index (χ3n) is 2.50. The second-order valence-electron chi connectivity index (χ2n) is 4.03. The van der Waals surface area contributed by atoms with Gasteiger partial charge >= 0.3 is 5.97 Å². The van der Waals surface area contributed by atoms with Crippen LogP contribution in [-0.2, 0) is 14.3 Å². The van der Waals surface area contributed by atoms with Crippen LogP contribution in [0.3, 0.4) is 0 Å². The van der Waals surface area contributed by atoms with Gasteiger partial charge in [-0.25, -0.2) is 0 Å². The number of carbonyl (C=O) groups is 2. The lowest BCUT2D eigenvalue weighted by molar-refractivity contribution is -0.147. The SMILES string of the molecule is CCCC(=O)OCC(=O)Nc1cc(OC)ccc1OC. The standard InChI is InChI=1S/C14H19NO5/c1-4-5-14(17)20-9-13(16)15-11-8-10(18-2)6-7-12(11)19-3/h6-8H,4-5,9H2,1-3H3,(H,15,16). The van der Waals surface area contributed by atoms with Crippen LogP contribution in [0.25, 0.3) is 0 Å². The molecule has 1 aromatic carbocycles. The van der Waals surface area contributed by atoms with Gasteiger partial charge in [0, 0.05) is 12.5 Å². The van der Waals surface area contributed by atoms with Crippen molar-refractivity contribution in [3.05, 3.63) is 18.2 Å². The molecule has 0 heterocycles. The molecule has 0 bridgehead atoms. The number of esters is 1. The van der Waals surface area contributed by atoms with E-state index < -0.39 is 5.91 Å². The summed E-state index contributed by atoms with van der Waals surface area (Å²) in [5.41, 5.74) is 0.461. The first kappa shape index (κ1) is 15.8. The van der Waals surface area contributed by atoms with Gasteiger partial charge in [-0.05, 0) is 18.6 Å². The minimum absolute atomic E-state index is 0.301. The smallest absolute Gasteiger partial charge is 0.306 e. The topological polar surface area (TPSA) is 73.9 Å². The summed E-state index contributed by atoms with van der Waals surface area (Å²) in [5.74, 6) is 0.268. The van der Waals surface area contributed by atoms with Crippen LogP contribution in [0.15, 0.2) is 18.2 Å². The second-order valence-corrected chi connectivity index (χ2v) is 4.03. The summed E-state index contributed by atoms with van der Waals surface area (Å²) in [6.07, 6.45) is 0.986. The molecule has 1 rings (SSSR count). The lowest BCUT2D eigenvalue weighted by Crippen LogP contribution is -2.21. The minimum atomic E-state index is -0.430. The van der Waals surface area contributed by atoms with Crippen molar-refractivity contribution < 1.29 is 23.8 Å². The summed E-state index contributed by atoms with van der Waals surface area (Å²) in [5, 5.41) is 2.61. The number of anilines is 1. The van der Waals surface area contributed by atoms with E-state index in [1.165, 1.54) is 14.2 Å². The van der Waals surface area contributed by atoms with Gasteiger partial charge in [0.2, 0.25) is 0 Å². The van der Waals surface area contributed by atoms with E-state index in [1.54, 1.807) is 18.2 Å². The zero-order valence-electron chi connectivity index (χ0n) is 11.9. The molecule has 6 heteroatoms. The van der Waals surface area contributed by atoms with E-state index in [1.807, 2.05) is 6.92 Å². The maximum Gasteiger partial charge on any atom is 0.306 e. The van der Waals surface area contributed by atoms with Gasteiger partial charge in [-0.3, -0.25) is 9.59 Å². The predicted octanol–water partition coefficient (Wildman–Crippen LogP) is 1.99. The Labute approximate surface area is 118 Å². The number of ether oxygens (including phenoxy) is 3. The van der Waals surface area contributed by atoms with Gasteiger partial charge in [-0.1, -0.05) is 6.92 Å². The Balaban J connectivity index is 2.62. The Bertz CT molecular complexity index is 473. The van der Waals surface area contributed by atoms with E-state index >= 15 is 0 Å². The summed E-state index contributed by atoms with van der Waals surface area (Å²) < 4.78 is 15.0. The molecule has 0 spiro atoms. The molecular weight excluding hydrogens is 262 g/mol. The number of benzene rings is 1. The van der Waals surface area contributed by atoms with Crippen LogP contribution >= 0.6 is 0 Å². The summed E-state index contributed by atoms with van der Waals surface area (Å²) in [4.78, 5) is 22.9. The monoisotopic (exact) mass is 281 g/mol. The van der Waals surface area contributed by atoms with Gasteiger partial charge in [0.25, 0.3) is 5.91 Å². The maximum atomic E-state index is 11.7. The van der Waals surface area contributed by atoms with E-state index in [0.29, 0.717) is 30.0 Å². The van der Waals surface area contributed by atoms with E-state index in [-0.39, 0.29) is 12.6 Å². The van der Waals surface area contributed by atoms with Crippen molar-refractivity contribution in [1.29, 1.82) is 0 Å². The molecule has 6 nitrogen and oxygen atoms in total. The van der Waals surface area contributed by atoms with Gasteiger partial charge in [-0.2, -0.15) is 0 Å². The molecule has 1 amide bonds. The lowest BCUT2D eigenvalue weighted by atomic mass is 10.2. The minimum Gasteiger partial charge on any atom is -0.497 e. The van der Waals surface area contributed by atoms with Crippen LogP contribution in [0.5, 0.6) is 11.5 Å². The fraction of sp³-hybridized carbons (Fsp3) is 0.429. The molecule has 20 heavy (non-hydrogen) atoms. The van der Waals surface area contributed by atoms with Crippen molar-refractivity contribution in [2.24, 2.45) is 0 Å². The molecule has 0 fully saturated rings. The van der Waals surface area contributed by atoms with Gasteiger partial charge in [0.15, 0.2) is 6.61 Å². The molecule has 1 N–H and O–H groups in total. The molecule has 0 unspecified atom stereocenters. The maximum absolute atomic E-state index is 11.7.